The van der Waals surface area contributed by atoms with Gasteiger partial charge in [-0.05, 0) is 40.5 Å². The van der Waals surface area contributed by atoms with Crippen LogP contribution in [0.25, 0.3) is 0 Å². The molecule has 0 atom stereocenters. The summed E-state index contributed by atoms with van der Waals surface area (Å²) in [6.45, 7) is 3.76. The Morgan fingerprint density at radius 1 is 1.44 bits per heavy atom. The molecule has 1 rings (SSSR count). The molecule has 0 heterocycles. The summed E-state index contributed by atoms with van der Waals surface area (Å²) in [4.78, 5) is 11.7. The van der Waals surface area contributed by atoms with Crippen LogP contribution in [0.2, 0.25) is 0 Å². The minimum absolute atomic E-state index is 0.227. The third-order valence-electron chi connectivity index (χ3n) is 2.36. The summed E-state index contributed by atoms with van der Waals surface area (Å²) in [7, 11) is 0. The van der Waals surface area contributed by atoms with Gasteiger partial charge in [0.15, 0.2) is 0 Å². The van der Waals surface area contributed by atoms with Crippen LogP contribution >= 0.6 is 15.9 Å². The van der Waals surface area contributed by atoms with Gasteiger partial charge in [0.2, 0.25) is 0 Å². The Bertz CT molecular complexity index is 399. The molecule has 18 heavy (non-hydrogen) atoms. The number of halogens is 2. The number of rotatable bonds is 7. The molecule has 0 radical (unpaired) electrons. The third kappa shape index (κ3) is 5.14. The lowest BCUT2D eigenvalue weighted by molar-refractivity contribution is 0.0912. The van der Waals surface area contributed by atoms with Gasteiger partial charge in [-0.25, -0.2) is 4.39 Å². The maximum absolute atomic E-state index is 13.0. The predicted molar refractivity (Wildman–Crippen MR) is 72.2 cm³/mol. The van der Waals surface area contributed by atoms with Gasteiger partial charge in [0, 0.05) is 18.7 Å². The number of amides is 1. The summed E-state index contributed by atoms with van der Waals surface area (Å²) in [5.41, 5.74) is 0.428. The van der Waals surface area contributed by atoms with E-state index in [9.17, 15) is 9.18 Å². The average Bonchev–Trinajstić information content (AvgIpc) is 2.36. The first-order chi connectivity index (χ1) is 8.65. The number of carbonyl (C=O) groups excluding carboxylic acids is 1. The number of nitrogens with one attached hydrogen (secondary N) is 1. The summed E-state index contributed by atoms with van der Waals surface area (Å²) >= 11 is 3.04. The quantitative estimate of drug-likeness (QED) is 0.785. The van der Waals surface area contributed by atoms with Crippen molar-refractivity contribution in [2.24, 2.45) is 0 Å². The van der Waals surface area contributed by atoms with Crippen LogP contribution in [-0.2, 0) is 4.74 Å². The normalized spacial score (nSPS) is 10.4. The lowest BCUT2D eigenvalue weighted by atomic mass is 10.2. The van der Waals surface area contributed by atoms with Crippen molar-refractivity contribution in [3.05, 3.63) is 34.1 Å². The van der Waals surface area contributed by atoms with Crippen molar-refractivity contribution in [1.29, 1.82) is 0 Å². The summed E-state index contributed by atoms with van der Waals surface area (Å²) < 4.78 is 18.6. The van der Waals surface area contributed by atoms with E-state index in [1.165, 1.54) is 18.2 Å². The van der Waals surface area contributed by atoms with Crippen LogP contribution in [0.5, 0.6) is 0 Å². The van der Waals surface area contributed by atoms with Crippen LogP contribution in [0.4, 0.5) is 4.39 Å². The van der Waals surface area contributed by atoms with E-state index in [2.05, 4.69) is 28.2 Å². The summed E-state index contributed by atoms with van der Waals surface area (Å²) in [5.74, 6) is -0.607. The number of benzene rings is 1. The number of hydrogen-bond donors (Lipinski definition) is 1. The first kappa shape index (κ1) is 15.1. The number of hydrogen-bond acceptors (Lipinski definition) is 2. The molecule has 1 aromatic rings. The highest BCUT2D eigenvalue weighted by Gasteiger charge is 2.07. The lowest BCUT2D eigenvalue weighted by Crippen LogP contribution is -2.27. The van der Waals surface area contributed by atoms with Crippen LogP contribution in [0, 0.1) is 5.82 Å². The van der Waals surface area contributed by atoms with E-state index >= 15 is 0 Å². The molecule has 0 aliphatic heterocycles. The Labute approximate surface area is 115 Å². The van der Waals surface area contributed by atoms with Crippen LogP contribution in [0.15, 0.2) is 22.7 Å². The van der Waals surface area contributed by atoms with Crippen molar-refractivity contribution < 1.29 is 13.9 Å². The van der Waals surface area contributed by atoms with E-state index in [-0.39, 0.29) is 16.2 Å². The van der Waals surface area contributed by atoms with Crippen molar-refractivity contribution in [3.8, 4) is 0 Å². The van der Waals surface area contributed by atoms with Gasteiger partial charge < -0.3 is 10.1 Å². The molecule has 0 aromatic heterocycles. The third-order valence-corrected chi connectivity index (χ3v) is 2.96. The van der Waals surface area contributed by atoms with Crippen molar-refractivity contribution in [1.82, 2.24) is 5.32 Å². The van der Waals surface area contributed by atoms with Crippen molar-refractivity contribution in [2.45, 2.75) is 19.8 Å². The first-order valence-electron chi connectivity index (χ1n) is 5.96. The average molecular weight is 318 g/mol. The molecule has 1 amide bonds. The zero-order valence-electron chi connectivity index (χ0n) is 10.3. The number of unbranched alkanes of at least 4 members (excludes halogenated alkanes) is 1. The largest absolute Gasteiger partial charge is 0.380 e. The molecule has 0 saturated carbocycles. The molecular weight excluding hydrogens is 301 g/mol. The molecule has 0 saturated heterocycles. The Morgan fingerprint density at radius 2 is 2.22 bits per heavy atom. The lowest BCUT2D eigenvalue weighted by Gasteiger charge is -2.06. The van der Waals surface area contributed by atoms with Crippen LogP contribution in [0.1, 0.15) is 30.1 Å². The van der Waals surface area contributed by atoms with E-state index in [1.54, 1.807) is 0 Å². The van der Waals surface area contributed by atoms with E-state index in [0.717, 1.165) is 12.8 Å². The smallest absolute Gasteiger partial charge is 0.251 e. The summed E-state index contributed by atoms with van der Waals surface area (Å²) in [5, 5.41) is 2.72. The standard InChI is InChI=1S/C13H17BrFNO2/c1-2-3-7-18-8-6-16-13(17)10-4-5-12(15)11(14)9-10/h4-5,9H,2-3,6-8H2,1H3,(H,16,17). The maximum atomic E-state index is 13.0. The molecule has 0 fully saturated rings. The second-order valence-corrected chi connectivity index (χ2v) is 4.71. The summed E-state index contributed by atoms with van der Waals surface area (Å²) in [6, 6.07) is 4.17. The SMILES string of the molecule is CCCCOCCNC(=O)c1ccc(F)c(Br)c1. The molecule has 100 valence electrons. The molecule has 1 N–H and O–H groups in total. The van der Waals surface area contributed by atoms with E-state index in [4.69, 9.17) is 4.74 Å². The maximum Gasteiger partial charge on any atom is 0.251 e. The molecule has 5 heteroatoms. The second kappa shape index (κ2) is 8.21. The number of ether oxygens (including phenoxy) is 1. The van der Waals surface area contributed by atoms with Crippen LogP contribution in [0.3, 0.4) is 0 Å². The van der Waals surface area contributed by atoms with Gasteiger partial charge in [0.25, 0.3) is 5.91 Å². The highest BCUT2D eigenvalue weighted by atomic mass is 79.9. The molecule has 1 aromatic carbocycles. The second-order valence-electron chi connectivity index (χ2n) is 3.85. The highest BCUT2D eigenvalue weighted by molar-refractivity contribution is 9.10. The van der Waals surface area contributed by atoms with Crippen LogP contribution < -0.4 is 5.32 Å². The Hall–Kier alpha value is -0.940. The summed E-state index contributed by atoms with van der Waals surface area (Å²) in [6.07, 6.45) is 2.12. The van der Waals surface area contributed by atoms with Gasteiger partial charge in [0.1, 0.15) is 5.82 Å². The van der Waals surface area contributed by atoms with Gasteiger partial charge >= 0.3 is 0 Å². The molecule has 0 spiro atoms. The molecule has 0 unspecified atom stereocenters. The van der Waals surface area contributed by atoms with Gasteiger partial charge in [-0.2, -0.15) is 0 Å². The number of carbonyl (C=O) groups is 1. The minimum Gasteiger partial charge on any atom is -0.380 e. The van der Waals surface area contributed by atoms with E-state index in [1.807, 2.05) is 0 Å². The Morgan fingerprint density at radius 3 is 2.89 bits per heavy atom. The van der Waals surface area contributed by atoms with Crippen molar-refractivity contribution >= 4 is 21.8 Å². The highest BCUT2D eigenvalue weighted by Crippen LogP contribution is 2.16. The minimum atomic E-state index is -0.380. The molecule has 0 aliphatic carbocycles. The van der Waals surface area contributed by atoms with Gasteiger partial charge in [-0.1, -0.05) is 13.3 Å². The van der Waals surface area contributed by atoms with E-state index < -0.39 is 0 Å². The van der Waals surface area contributed by atoms with Crippen molar-refractivity contribution in [3.63, 3.8) is 0 Å². The fourth-order valence-corrected chi connectivity index (χ4v) is 1.70. The van der Waals surface area contributed by atoms with Crippen molar-refractivity contribution in [2.75, 3.05) is 19.8 Å². The van der Waals surface area contributed by atoms with Gasteiger partial charge in [0.05, 0.1) is 11.1 Å². The molecule has 0 bridgehead atoms. The topological polar surface area (TPSA) is 38.3 Å². The monoisotopic (exact) mass is 317 g/mol. The fourth-order valence-electron chi connectivity index (χ4n) is 1.32. The zero-order chi connectivity index (χ0) is 13.4. The van der Waals surface area contributed by atoms with E-state index in [0.29, 0.717) is 25.3 Å². The fraction of sp³-hybridized carbons (Fsp3) is 0.462. The first-order valence-corrected chi connectivity index (χ1v) is 6.75. The molecule has 3 nitrogen and oxygen atoms in total. The van der Waals surface area contributed by atoms with Gasteiger partial charge in [-0.3, -0.25) is 4.79 Å². The predicted octanol–water partition coefficient (Wildman–Crippen LogP) is 3.13. The Kier molecular flexibility index (Phi) is 6.90. The van der Waals surface area contributed by atoms with Crippen LogP contribution in [-0.4, -0.2) is 25.7 Å². The zero-order valence-corrected chi connectivity index (χ0v) is 11.9. The van der Waals surface area contributed by atoms with Gasteiger partial charge in [-0.15, -0.1) is 0 Å². The molecule has 0 aliphatic rings. The molecular formula is C13H17BrFNO2. The Balaban J connectivity index is 2.30.